The lowest BCUT2D eigenvalue weighted by atomic mass is 10.2. The van der Waals surface area contributed by atoms with Crippen LogP contribution in [0.4, 0.5) is 0 Å². The summed E-state index contributed by atoms with van der Waals surface area (Å²) >= 11 is 1.47. The third kappa shape index (κ3) is 4.75. The van der Waals surface area contributed by atoms with E-state index in [1.54, 1.807) is 12.1 Å². The Balaban J connectivity index is 1.76. The monoisotopic (exact) mass is 309 g/mol. The molecule has 1 aromatic rings. The Morgan fingerprint density at radius 3 is 2.95 bits per heavy atom. The van der Waals surface area contributed by atoms with Gasteiger partial charge in [0.15, 0.2) is 6.61 Å². The van der Waals surface area contributed by atoms with Crippen LogP contribution in [0.3, 0.4) is 0 Å². The molecule has 1 atom stereocenters. The first-order valence-electron chi connectivity index (χ1n) is 6.89. The van der Waals surface area contributed by atoms with E-state index >= 15 is 0 Å². The van der Waals surface area contributed by atoms with Gasteiger partial charge >= 0.3 is 5.97 Å². The smallest absolute Gasteiger partial charge is 0.339 e. The maximum Gasteiger partial charge on any atom is 0.339 e. The Labute approximate surface area is 128 Å². The molecule has 1 N–H and O–H groups in total. The quantitative estimate of drug-likeness (QED) is 0.642. The largest absolute Gasteiger partial charge is 0.452 e. The third-order valence-corrected chi connectivity index (χ3v) is 4.01. The van der Waals surface area contributed by atoms with Crippen LogP contribution in [0, 0.1) is 0 Å². The molecule has 1 amide bonds. The topological polar surface area (TPSA) is 64.6 Å². The fourth-order valence-corrected chi connectivity index (χ4v) is 2.69. The summed E-state index contributed by atoms with van der Waals surface area (Å²) in [7, 11) is 0. The molecule has 1 fully saturated rings. The van der Waals surface area contributed by atoms with Crippen molar-refractivity contribution in [2.75, 3.05) is 26.0 Å². The maximum absolute atomic E-state index is 11.9. The molecule has 0 radical (unpaired) electrons. The van der Waals surface area contributed by atoms with Gasteiger partial charge in [0.05, 0.1) is 11.7 Å². The van der Waals surface area contributed by atoms with Crippen LogP contribution in [0.1, 0.15) is 23.2 Å². The molecule has 114 valence electrons. The molecule has 5 nitrogen and oxygen atoms in total. The first-order valence-corrected chi connectivity index (χ1v) is 8.11. The van der Waals surface area contributed by atoms with Gasteiger partial charge in [-0.1, -0.05) is 12.1 Å². The Kier molecular flexibility index (Phi) is 6.07. The van der Waals surface area contributed by atoms with Crippen molar-refractivity contribution in [1.82, 2.24) is 5.32 Å². The highest BCUT2D eigenvalue weighted by Gasteiger charge is 2.17. The van der Waals surface area contributed by atoms with E-state index in [2.05, 4.69) is 5.32 Å². The average molecular weight is 309 g/mol. The SMILES string of the molecule is CSc1ccccc1C(=O)OCC(=O)NC[C@H]1CCCO1. The molecule has 0 unspecified atom stereocenters. The van der Waals surface area contributed by atoms with Gasteiger partial charge in [0, 0.05) is 18.0 Å². The molecule has 1 aliphatic heterocycles. The van der Waals surface area contributed by atoms with E-state index in [0.29, 0.717) is 12.1 Å². The van der Waals surface area contributed by atoms with Gasteiger partial charge in [0.2, 0.25) is 0 Å². The second-order valence-electron chi connectivity index (χ2n) is 4.72. The summed E-state index contributed by atoms with van der Waals surface area (Å²) in [5.41, 5.74) is 0.483. The summed E-state index contributed by atoms with van der Waals surface area (Å²) in [4.78, 5) is 24.4. The summed E-state index contributed by atoms with van der Waals surface area (Å²) in [6, 6.07) is 7.17. The van der Waals surface area contributed by atoms with Gasteiger partial charge in [-0.25, -0.2) is 4.79 Å². The number of esters is 1. The van der Waals surface area contributed by atoms with E-state index in [1.807, 2.05) is 18.4 Å². The molecule has 0 aliphatic carbocycles. The third-order valence-electron chi connectivity index (χ3n) is 3.21. The minimum absolute atomic E-state index is 0.0851. The number of nitrogens with one attached hydrogen (secondary N) is 1. The molecule has 1 heterocycles. The van der Waals surface area contributed by atoms with Crippen molar-refractivity contribution in [2.24, 2.45) is 0 Å². The second kappa shape index (κ2) is 8.05. The summed E-state index contributed by atoms with van der Waals surface area (Å²) in [5.74, 6) is -0.785. The lowest BCUT2D eigenvalue weighted by Gasteiger charge is -2.11. The van der Waals surface area contributed by atoms with Crippen LogP contribution in [0.15, 0.2) is 29.2 Å². The summed E-state index contributed by atoms with van der Waals surface area (Å²) < 4.78 is 10.4. The van der Waals surface area contributed by atoms with E-state index in [0.717, 1.165) is 24.3 Å². The molecule has 21 heavy (non-hydrogen) atoms. The summed E-state index contributed by atoms with van der Waals surface area (Å²) in [5, 5.41) is 2.71. The van der Waals surface area contributed by atoms with E-state index in [9.17, 15) is 9.59 Å². The van der Waals surface area contributed by atoms with Gasteiger partial charge < -0.3 is 14.8 Å². The van der Waals surface area contributed by atoms with Crippen molar-refractivity contribution in [1.29, 1.82) is 0 Å². The number of hydrogen-bond acceptors (Lipinski definition) is 5. The fraction of sp³-hybridized carbons (Fsp3) is 0.467. The van der Waals surface area contributed by atoms with Gasteiger partial charge in [-0.3, -0.25) is 4.79 Å². The predicted octanol–water partition coefficient (Wildman–Crippen LogP) is 1.86. The predicted molar refractivity (Wildman–Crippen MR) is 80.5 cm³/mol. The molecule has 1 aromatic carbocycles. The fourth-order valence-electron chi connectivity index (χ4n) is 2.11. The minimum Gasteiger partial charge on any atom is -0.452 e. The Hall–Kier alpha value is -1.53. The first kappa shape index (κ1) is 15.9. The van der Waals surface area contributed by atoms with E-state index in [-0.39, 0.29) is 18.6 Å². The van der Waals surface area contributed by atoms with Crippen LogP contribution in [-0.2, 0) is 14.3 Å². The summed E-state index contributed by atoms with van der Waals surface area (Å²) in [6.45, 7) is 0.951. The molecule has 1 aliphatic rings. The minimum atomic E-state index is -0.479. The number of carbonyl (C=O) groups is 2. The number of amides is 1. The Bertz CT molecular complexity index is 500. The van der Waals surface area contributed by atoms with Crippen LogP contribution < -0.4 is 5.32 Å². The highest BCUT2D eigenvalue weighted by molar-refractivity contribution is 7.98. The van der Waals surface area contributed by atoms with Crippen molar-refractivity contribution >= 4 is 23.6 Å². The van der Waals surface area contributed by atoms with Crippen molar-refractivity contribution in [3.63, 3.8) is 0 Å². The van der Waals surface area contributed by atoms with Gasteiger partial charge in [0.25, 0.3) is 5.91 Å². The van der Waals surface area contributed by atoms with E-state index < -0.39 is 5.97 Å². The maximum atomic E-state index is 11.9. The zero-order chi connectivity index (χ0) is 15.1. The van der Waals surface area contributed by atoms with Gasteiger partial charge in [-0.15, -0.1) is 11.8 Å². The van der Waals surface area contributed by atoms with Crippen molar-refractivity contribution in [3.05, 3.63) is 29.8 Å². The molecule has 2 rings (SSSR count). The number of hydrogen-bond donors (Lipinski definition) is 1. The Morgan fingerprint density at radius 2 is 2.24 bits per heavy atom. The first-order chi connectivity index (χ1) is 10.2. The van der Waals surface area contributed by atoms with Crippen LogP contribution in [-0.4, -0.2) is 44.0 Å². The molecular weight excluding hydrogens is 290 g/mol. The standard InChI is InChI=1S/C15H19NO4S/c1-21-13-7-3-2-6-12(13)15(18)20-10-14(17)16-9-11-5-4-8-19-11/h2-3,6-7,11H,4-5,8-10H2,1H3,(H,16,17)/t11-/m1/s1. The number of rotatable bonds is 6. The van der Waals surface area contributed by atoms with Crippen molar-refractivity contribution in [2.45, 2.75) is 23.8 Å². The Morgan fingerprint density at radius 1 is 1.43 bits per heavy atom. The van der Waals surface area contributed by atoms with Crippen molar-refractivity contribution < 1.29 is 19.1 Å². The molecule has 1 saturated heterocycles. The lowest BCUT2D eigenvalue weighted by molar-refractivity contribution is -0.124. The van der Waals surface area contributed by atoms with Gasteiger partial charge in [0.1, 0.15) is 0 Å². The van der Waals surface area contributed by atoms with E-state index in [1.165, 1.54) is 11.8 Å². The number of carbonyl (C=O) groups excluding carboxylic acids is 2. The van der Waals surface area contributed by atoms with Crippen LogP contribution >= 0.6 is 11.8 Å². The second-order valence-corrected chi connectivity index (χ2v) is 5.56. The molecule has 6 heteroatoms. The van der Waals surface area contributed by atoms with E-state index in [4.69, 9.17) is 9.47 Å². The van der Waals surface area contributed by atoms with Gasteiger partial charge in [-0.2, -0.15) is 0 Å². The zero-order valence-corrected chi connectivity index (χ0v) is 12.8. The highest BCUT2D eigenvalue weighted by atomic mass is 32.2. The lowest BCUT2D eigenvalue weighted by Crippen LogP contribution is -2.34. The normalized spacial score (nSPS) is 17.5. The molecule has 0 aromatic heterocycles. The molecular formula is C15H19NO4S. The molecule has 0 bridgehead atoms. The van der Waals surface area contributed by atoms with Crippen molar-refractivity contribution in [3.8, 4) is 0 Å². The number of ether oxygens (including phenoxy) is 2. The van der Waals surface area contributed by atoms with Gasteiger partial charge in [-0.05, 0) is 31.2 Å². The molecule has 0 saturated carbocycles. The number of benzene rings is 1. The molecule has 0 spiro atoms. The van der Waals surface area contributed by atoms with Crippen LogP contribution in [0.2, 0.25) is 0 Å². The van der Waals surface area contributed by atoms with Crippen LogP contribution in [0.5, 0.6) is 0 Å². The number of thioether (sulfide) groups is 1. The average Bonchev–Trinajstić information content (AvgIpc) is 3.04. The highest BCUT2D eigenvalue weighted by Crippen LogP contribution is 2.20. The zero-order valence-electron chi connectivity index (χ0n) is 12.0. The van der Waals surface area contributed by atoms with Crippen LogP contribution in [0.25, 0.3) is 0 Å². The summed E-state index contributed by atoms with van der Waals surface area (Å²) in [6.07, 6.45) is 3.96.